The number of ether oxygens (including phenoxy) is 1. The molecule has 0 radical (unpaired) electrons. The van der Waals surface area contributed by atoms with Crippen molar-refractivity contribution in [1.82, 2.24) is 4.90 Å². The molecule has 0 spiro atoms. The van der Waals surface area contributed by atoms with Crippen LogP contribution in [-0.4, -0.2) is 24.2 Å². The maximum Gasteiger partial charge on any atom is 0.573 e. The summed E-state index contributed by atoms with van der Waals surface area (Å²) in [5.41, 5.74) is 6.10. The van der Waals surface area contributed by atoms with Crippen molar-refractivity contribution in [2.24, 2.45) is 5.73 Å². The number of nitrogens with zero attached hydrogens (tertiary/aromatic N) is 1. The van der Waals surface area contributed by atoms with Crippen LogP contribution in [0, 0.1) is 0 Å². The molecule has 134 valence electrons. The van der Waals surface area contributed by atoms with E-state index in [2.05, 4.69) is 4.74 Å². The van der Waals surface area contributed by atoms with Crippen LogP contribution in [0.25, 0.3) is 0 Å². The highest BCUT2D eigenvalue weighted by atomic mass is 19.4. The number of nitrogens with two attached hydrogens (primary N) is 1. The topological polar surface area (TPSA) is 55.6 Å². The van der Waals surface area contributed by atoms with Crippen LogP contribution in [0.1, 0.15) is 18.1 Å². The van der Waals surface area contributed by atoms with Crippen LogP contribution in [0.15, 0.2) is 54.6 Å². The number of rotatable bonds is 5. The van der Waals surface area contributed by atoms with E-state index >= 15 is 0 Å². The fourth-order valence-electron chi connectivity index (χ4n) is 2.49. The van der Waals surface area contributed by atoms with Crippen LogP contribution >= 0.6 is 0 Å². The predicted octanol–water partition coefficient (Wildman–Crippen LogP) is 3.42. The van der Waals surface area contributed by atoms with Gasteiger partial charge in [-0.15, -0.1) is 13.2 Å². The highest BCUT2D eigenvalue weighted by Gasteiger charge is 2.33. The Bertz CT molecular complexity index is 731. The maximum absolute atomic E-state index is 12.7. The van der Waals surface area contributed by atoms with Gasteiger partial charge in [0, 0.05) is 13.6 Å². The lowest BCUT2D eigenvalue weighted by Gasteiger charge is -2.29. The average molecular weight is 352 g/mol. The highest BCUT2D eigenvalue weighted by molar-refractivity contribution is 5.86. The molecule has 0 saturated carbocycles. The molecule has 0 saturated heterocycles. The molecule has 0 fully saturated rings. The van der Waals surface area contributed by atoms with E-state index in [0.29, 0.717) is 11.1 Å². The van der Waals surface area contributed by atoms with Gasteiger partial charge in [-0.3, -0.25) is 4.79 Å². The van der Waals surface area contributed by atoms with Gasteiger partial charge in [-0.2, -0.15) is 0 Å². The summed E-state index contributed by atoms with van der Waals surface area (Å²) in [6.45, 7) is 1.71. The Balaban J connectivity index is 2.12. The molecular formula is C18H19F3N2O2. The Kier molecular flexibility index (Phi) is 5.37. The van der Waals surface area contributed by atoms with Gasteiger partial charge < -0.3 is 15.4 Å². The first-order valence-corrected chi connectivity index (χ1v) is 7.54. The van der Waals surface area contributed by atoms with Crippen molar-refractivity contribution in [2.75, 3.05) is 7.05 Å². The second-order valence-corrected chi connectivity index (χ2v) is 5.92. The van der Waals surface area contributed by atoms with E-state index in [-0.39, 0.29) is 18.2 Å². The number of amides is 1. The minimum absolute atomic E-state index is 0.105. The van der Waals surface area contributed by atoms with Crippen molar-refractivity contribution in [2.45, 2.75) is 25.4 Å². The minimum atomic E-state index is -4.76. The van der Waals surface area contributed by atoms with Gasteiger partial charge in [-0.1, -0.05) is 42.5 Å². The molecule has 1 atom stereocenters. The molecule has 2 rings (SSSR count). The summed E-state index contributed by atoms with van der Waals surface area (Å²) in [4.78, 5) is 14.0. The molecule has 7 heteroatoms. The molecule has 2 aromatic carbocycles. The van der Waals surface area contributed by atoms with Crippen LogP contribution in [0.3, 0.4) is 0 Å². The van der Waals surface area contributed by atoms with Crippen LogP contribution in [0.2, 0.25) is 0 Å². The number of likely N-dealkylation sites (N-methyl/N-ethyl adjacent to an activating group) is 1. The van der Waals surface area contributed by atoms with Crippen molar-refractivity contribution in [3.63, 3.8) is 0 Å². The third-order valence-corrected chi connectivity index (χ3v) is 3.72. The van der Waals surface area contributed by atoms with Crippen molar-refractivity contribution < 1.29 is 22.7 Å². The third-order valence-electron chi connectivity index (χ3n) is 3.72. The second-order valence-electron chi connectivity index (χ2n) is 5.92. The van der Waals surface area contributed by atoms with Crippen LogP contribution in [0.5, 0.6) is 5.75 Å². The van der Waals surface area contributed by atoms with E-state index in [4.69, 9.17) is 5.73 Å². The normalized spacial score (nSPS) is 13.8. The molecule has 2 aromatic rings. The molecule has 0 aliphatic heterocycles. The number of carbonyl (C=O) groups is 1. The van der Waals surface area contributed by atoms with Gasteiger partial charge in [-0.05, 0) is 30.2 Å². The largest absolute Gasteiger partial charge is 0.573 e. The molecule has 0 bridgehead atoms. The van der Waals surface area contributed by atoms with Crippen LogP contribution in [-0.2, 0) is 16.9 Å². The number of hydrogen-bond acceptors (Lipinski definition) is 3. The lowest BCUT2D eigenvalue weighted by atomic mass is 9.91. The first-order valence-electron chi connectivity index (χ1n) is 7.54. The van der Waals surface area contributed by atoms with Crippen LogP contribution in [0.4, 0.5) is 13.2 Å². The van der Waals surface area contributed by atoms with E-state index in [9.17, 15) is 18.0 Å². The van der Waals surface area contributed by atoms with Gasteiger partial charge in [0.25, 0.3) is 0 Å². The number of carbonyl (C=O) groups excluding carboxylic acids is 1. The van der Waals surface area contributed by atoms with Crippen LogP contribution < -0.4 is 10.5 Å². The summed E-state index contributed by atoms with van der Waals surface area (Å²) in [5, 5.41) is 0. The zero-order valence-corrected chi connectivity index (χ0v) is 13.9. The molecule has 2 N–H and O–H groups in total. The Morgan fingerprint density at radius 3 is 2.36 bits per heavy atom. The third kappa shape index (κ3) is 4.96. The number of halogens is 3. The SMILES string of the molecule is CN(Cc1cccc(OC(F)(F)F)c1)C(=O)C(C)(N)c1ccccc1. The molecule has 0 aliphatic rings. The fourth-order valence-corrected chi connectivity index (χ4v) is 2.49. The predicted molar refractivity (Wildman–Crippen MR) is 87.6 cm³/mol. The lowest BCUT2D eigenvalue weighted by Crippen LogP contribution is -2.49. The smallest absolute Gasteiger partial charge is 0.406 e. The average Bonchev–Trinajstić information content (AvgIpc) is 2.53. The summed E-state index contributed by atoms with van der Waals surface area (Å²) >= 11 is 0. The van der Waals surface area contributed by atoms with Crippen molar-refractivity contribution in [1.29, 1.82) is 0 Å². The summed E-state index contributed by atoms with van der Waals surface area (Å²) in [5.74, 6) is -0.676. The fraction of sp³-hybridized carbons (Fsp3) is 0.278. The van der Waals surface area contributed by atoms with Gasteiger partial charge >= 0.3 is 6.36 Å². The van der Waals surface area contributed by atoms with Gasteiger partial charge in [0.15, 0.2) is 0 Å². The first-order chi connectivity index (χ1) is 11.6. The zero-order chi connectivity index (χ0) is 18.7. The summed E-state index contributed by atoms with van der Waals surface area (Å²) in [6.07, 6.45) is -4.76. The van der Waals surface area contributed by atoms with E-state index in [0.717, 1.165) is 0 Å². The highest BCUT2D eigenvalue weighted by Crippen LogP contribution is 2.25. The van der Waals surface area contributed by atoms with E-state index < -0.39 is 11.9 Å². The molecule has 0 aliphatic carbocycles. The molecule has 4 nitrogen and oxygen atoms in total. The Morgan fingerprint density at radius 2 is 1.76 bits per heavy atom. The Morgan fingerprint density at radius 1 is 1.12 bits per heavy atom. The lowest BCUT2D eigenvalue weighted by molar-refractivity contribution is -0.274. The van der Waals surface area contributed by atoms with E-state index in [1.54, 1.807) is 44.3 Å². The number of hydrogen-bond donors (Lipinski definition) is 1. The summed E-state index contributed by atoms with van der Waals surface area (Å²) in [6, 6.07) is 14.4. The molecule has 1 unspecified atom stereocenters. The number of alkyl halides is 3. The van der Waals surface area contributed by atoms with E-state index in [1.165, 1.54) is 23.1 Å². The molecule has 25 heavy (non-hydrogen) atoms. The molecule has 1 amide bonds. The minimum Gasteiger partial charge on any atom is -0.406 e. The van der Waals surface area contributed by atoms with Gasteiger partial charge in [0.2, 0.25) is 5.91 Å². The number of benzene rings is 2. The molecule has 0 heterocycles. The summed E-state index contributed by atoms with van der Waals surface area (Å²) < 4.78 is 40.8. The first kappa shape index (κ1) is 18.8. The van der Waals surface area contributed by atoms with Crippen molar-refractivity contribution >= 4 is 5.91 Å². The summed E-state index contributed by atoms with van der Waals surface area (Å²) in [7, 11) is 1.55. The standard InChI is InChI=1S/C18H19F3N2O2/c1-17(22,14-8-4-3-5-9-14)16(24)23(2)12-13-7-6-10-15(11-13)25-18(19,20)21/h3-11H,12,22H2,1-2H3. The van der Waals surface area contributed by atoms with Crippen molar-refractivity contribution in [3.05, 3.63) is 65.7 Å². The van der Waals surface area contributed by atoms with E-state index in [1.807, 2.05) is 6.07 Å². The van der Waals surface area contributed by atoms with Gasteiger partial charge in [-0.25, -0.2) is 0 Å². The zero-order valence-electron chi connectivity index (χ0n) is 13.9. The van der Waals surface area contributed by atoms with Crippen molar-refractivity contribution in [3.8, 4) is 5.75 Å². The monoisotopic (exact) mass is 352 g/mol. The Hall–Kier alpha value is -2.54. The molecular weight excluding hydrogens is 333 g/mol. The van der Waals surface area contributed by atoms with Gasteiger partial charge in [0.05, 0.1) is 0 Å². The molecule has 0 aromatic heterocycles. The van der Waals surface area contributed by atoms with Gasteiger partial charge in [0.1, 0.15) is 11.3 Å². The Labute approximate surface area is 144 Å². The quantitative estimate of drug-likeness (QED) is 0.897. The second kappa shape index (κ2) is 7.14. The maximum atomic E-state index is 12.7.